The van der Waals surface area contributed by atoms with Crippen LogP contribution in [0.5, 0.6) is 5.75 Å². The lowest BCUT2D eigenvalue weighted by atomic mass is 10.1. The fourth-order valence-corrected chi connectivity index (χ4v) is 3.65. The Bertz CT molecular complexity index is 1230. The number of hydrogen-bond donors (Lipinski definition) is 1. The first-order valence-electron chi connectivity index (χ1n) is 9.98. The van der Waals surface area contributed by atoms with Crippen molar-refractivity contribution < 1.29 is 24.0 Å². The highest BCUT2D eigenvalue weighted by atomic mass is 16.6. The summed E-state index contributed by atoms with van der Waals surface area (Å²) in [6.45, 7) is 0.327. The largest absolute Gasteiger partial charge is 0.491 e. The number of imide groups is 1. The first kappa shape index (κ1) is 21.0. The number of carbonyl (C=O) groups excluding carboxylic acids is 3. The van der Waals surface area contributed by atoms with Crippen molar-refractivity contribution in [2.75, 3.05) is 19.7 Å². The molecule has 162 valence electrons. The summed E-state index contributed by atoms with van der Waals surface area (Å²) in [6, 6.07) is 17.4. The van der Waals surface area contributed by atoms with Crippen molar-refractivity contribution in [3.05, 3.63) is 81.9 Å². The number of carbonyl (C=O) groups is 3. The fourth-order valence-electron chi connectivity index (χ4n) is 3.65. The molecule has 0 saturated heterocycles. The van der Waals surface area contributed by atoms with Crippen molar-refractivity contribution in [2.45, 2.75) is 6.42 Å². The Labute approximate surface area is 182 Å². The molecule has 1 aliphatic rings. The lowest BCUT2D eigenvalue weighted by molar-refractivity contribution is -0.385. The van der Waals surface area contributed by atoms with Crippen molar-refractivity contribution in [3.63, 3.8) is 0 Å². The summed E-state index contributed by atoms with van der Waals surface area (Å²) in [5.41, 5.74) is -0.669. The Kier molecular flexibility index (Phi) is 5.80. The van der Waals surface area contributed by atoms with Crippen molar-refractivity contribution in [1.82, 2.24) is 10.2 Å². The van der Waals surface area contributed by atoms with E-state index in [-0.39, 0.29) is 43.2 Å². The zero-order chi connectivity index (χ0) is 22.7. The van der Waals surface area contributed by atoms with Gasteiger partial charge in [-0.1, -0.05) is 42.5 Å². The molecule has 3 amide bonds. The van der Waals surface area contributed by atoms with Gasteiger partial charge in [-0.15, -0.1) is 0 Å². The summed E-state index contributed by atoms with van der Waals surface area (Å²) >= 11 is 0. The zero-order valence-electron chi connectivity index (χ0n) is 16.9. The van der Waals surface area contributed by atoms with Crippen LogP contribution in [0, 0.1) is 10.1 Å². The Morgan fingerprint density at radius 1 is 1.00 bits per heavy atom. The van der Waals surface area contributed by atoms with Crippen LogP contribution >= 0.6 is 0 Å². The summed E-state index contributed by atoms with van der Waals surface area (Å²) in [6.07, 6.45) is -0.118. The van der Waals surface area contributed by atoms with E-state index in [1.807, 2.05) is 42.5 Å². The van der Waals surface area contributed by atoms with Gasteiger partial charge in [0.25, 0.3) is 17.5 Å². The molecule has 4 rings (SSSR count). The number of nitrogens with one attached hydrogen (secondary N) is 1. The lowest BCUT2D eigenvalue weighted by Crippen LogP contribution is -2.35. The van der Waals surface area contributed by atoms with E-state index in [4.69, 9.17) is 4.74 Å². The minimum atomic E-state index is -0.760. The van der Waals surface area contributed by atoms with Crippen LogP contribution < -0.4 is 10.1 Å². The van der Waals surface area contributed by atoms with Crippen molar-refractivity contribution >= 4 is 34.2 Å². The third-order valence-corrected chi connectivity index (χ3v) is 5.17. The topological polar surface area (TPSA) is 119 Å². The monoisotopic (exact) mass is 433 g/mol. The molecule has 0 spiro atoms. The molecule has 1 heterocycles. The number of benzene rings is 3. The average Bonchev–Trinajstić information content (AvgIpc) is 3.05. The SMILES string of the molecule is O=C(CCN1C(=O)c2cccc([N+](=O)[O-])c2C1=O)NCCOc1cccc2ccccc12. The van der Waals surface area contributed by atoms with Crippen molar-refractivity contribution in [1.29, 1.82) is 0 Å². The van der Waals surface area contributed by atoms with Crippen molar-refractivity contribution in [3.8, 4) is 5.75 Å². The molecule has 3 aromatic rings. The second-order valence-corrected chi connectivity index (χ2v) is 7.14. The Morgan fingerprint density at radius 3 is 2.56 bits per heavy atom. The van der Waals surface area contributed by atoms with Crippen LogP contribution in [0.1, 0.15) is 27.1 Å². The minimum Gasteiger partial charge on any atom is -0.491 e. The highest BCUT2D eigenvalue weighted by molar-refractivity contribution is 6.23. The number of amides is 3. The molecular weight excluding hydrogens is 414 g/mol. The third-order valence-electron chi connectivity index (χ3n) is 5.17. The number of rotatable bonds is 8. The molecule has 0 aromatic heterocycles. The number of nitrogens with zero attached hydrogens (tertiary/aromatic N) is 2. The summed E-state index contributed by atoms with van der Waals surface area (Å²) in [5.74, 6) is -1.05. The van der Waals surface area contributed by atoms with E-state index >= 15 is 0 Å². The summed E-state index contributed by atoms with van der Waals surface area (Å²) in [4.78, 5) is 48.5. The molecular formula is C23H19N3O6. The van der Waals surface area contributed by atoms with Crippen LogP contribution in [0.15, 0.2) is 60.7 Å². The van der Waals surface area contributed by atoms with E-state index < -0.39 is 22.4 Å². The van der Waals surface area contributed by atoms with E-state index in [0.29, 0.717) is 5.75 Å². The smallest absolute Gasteiger partial charge is 0.282 e. The van der Waals surface area contributed by atoms with Gasteiger partial charge in [0.15, 0.2) is 0 Å². The second-order valence-electron chi connectivity index (χ2n) is 7.14. The molecule has 3 aromatic carbocycles. The molecule has 1 N–H and O–H groups in total. The molecule has 0 atom stereocenters. The van der Waals surface area contributed by atoms with Gasteiger partial charge in [-0.3, -0.25) is 29.4 Å². The number of hydrogen-bond acceptors (Lipinski definition) is 6. The predicted octanol–water partition coefficient (Wildman–Crippen LogP) is 2.93. The first-order valence-corrected chi connectivity index (χ1v) is 9.98. The van der Waals surface area contributed by atoms with Gasteiger partial charge in [0.05, 0.1) is 17.0 Å². The van der Waals surface area contributed by atoms with Crippen LogP contribution in [-0.2, 0) is 4.79 Å². The van der Waals surface area contributed by atoms with E-state index in [0.717, 1.165) is 15.7 Å². The Balaban J connectivity index is 1.28. The van der Waals surface area contributed by atoms with E-state index in [2.05, 4.69) is 5.32 Å². The summed E-state index contributed by atoms with van der Waals surface area (Å²) in [7, 11) is 0. The van der Waals surface area contributed by atoms with E-state index in [1.54, 1.807) is 0 Å². The number of fused-ring (bicyclic) bond motifs is 2. The number of ether oxygens (including phenoxy) is 1. The highest BCUT2D eigenvalue weighted by Gasteiger charge is 2.40. The van der Waals surface area contributed by atoms with Gasteiger partial charge in [-0.25, -0.2) is 0 Å². The fraction of sp³-hybridized carbons (Fsp3) is 0.174. The molecule has 1 aliphatic heterocycles. The maximum Gasteiger partial charge on any atom is 0.282 e. The van der Waals surface area contributed by atoms with Gasteiger partial charge < -0.3 is 10.1 Å². The maximum atomic E-state index is 12.5. The molecule has 0 aliphatic carbocycles. The normalized spacial score (nSPS) is 12.7. The number of nitro groups is 1. The van der Waals surface area contributed by atoms with Crippen LogP contribution in [0.25, 0.3) is 10.8 Å². The van der Waals surface area contributed by atoms with Gasteiger partial charge >= 0.3 is 0 Å². The quantitative estimate of drug-likeness (QED) is 0.253. The third kappa shape index (κ3) is 4.00. The Hall–Kier alpha value is -4.27. The van der Waals surface area contributed by atoms with Crippen LogP contribution in [0.3, 0.4) is 0 Å². The van der Waals surface area contributed by atoms with Gasteiger partial charge in [0.2, 0.25) is 5.91 Å². The van der Waals surface area contributed by atoms with Gasteiger partial charge in [-0.2, -0.15) is 0 Å². The average molecular weight is 433 g/mol. The predicted molar refractivity (Wildman–Crippen MR) is 116 cm³/mol. The van der Waals surface area contributed by atoms with Gasteiger partial charge in [0.1, 0.15) is 17.9 Å². The molecule has 0 fully saturated rings. The van der Waals surface area contributed by atoms with Crippen LogP contribution in [0.2, 0.25) is 0 Å². The maximum absolute atomic E-state index is 12.5. The molecule has 0 bridgehead atoms. The lowest BCUT2D eigenvalue weighted by Gasteiger charge is -2.14. The minimum absolute atomic E-state index is 0.0203. The number of nitro benzene ring substituents is 1. The molecule has 9 nitrogen and oxygen atoms in total. The van der Waals surface area contributed by atoms with Crippen molar-refractivity contribution in [2.24, 2.45) is 0 Å². The van der Waals surface area contributed by atoms with Gasteiger partial charge in [0, 0.05) is 24.4 Å². The summed E-state index contributed by atoms with van der Waals surface area (Å²) < 4.78 is 5.76. The summed E-state index contributed by atoms with van der Waals surface area (Å²) in [5, 5.41) is 15.9. The second kappa shape index (κ2) is 8.84. The van der Waals surface area contributed by atoms with Crippen LogP contribution in [-0.4, -0.2) is 47.2 Å². The van der Waals surface area contributed by atoms with E-state index in [9.17, 15) is 24.5 Å². The zero-order valence-corrected chi connectivity index (χ0v) is 16.9. The highest BCUT2D eigenvalue weighted by Crippen LogP contribution is 2.30. The van der Waals surface area contributed by atoms with Gasteiger partial charge in [-0.05, 0) is 17.5 Å². The standard InChI is InChI=1S/C23H19N3O6/c27-20(24-12-14-32-19-10-3-6-15-5-1-2-7-16(15)19)11-13-25-22(28)17-8-4-9-18(26(30)31)21(17)23(25)29/h1-10H,11-14H2,(H,24,27). The molecule has 32 heavy (non-hydrogen) atoms. The molecule has 0 unspecified atom stereocenters. The van der Waals surface area contributed by atoms with Crippen LogP contribution in [0.4, 0.5) is 5.69 Å². The molecule has 0 saturated carbocycles. The molecule has 0 radical (unpaired) electrons. The first-order chi connectivity index (χ1) is 15.5. The van der Waals surface area contributed by atoms with E-state index in [1.165, 1.54) is 18.2 Å². The Morgan fingerprint density at radius 2 is 1.75 bits per heavy atom. The molecule has 9 heteroatoms.